The van der Waals surface area contributed by atoms with Crippen molar-refractivity contribution >= 4 is 10.9 Å². The molecule has 0 aliphatic carbocycles. The molecule has 1 saturated heterocycles. The van der Waals surface area contributed by atoms with Gasteiger partial charge in [-0.1, -0.05) is 6.92 Å². The van der Waals surface area contributed by atoms with Gasteiger partial charge in [-0.3, -0.25) is 4.79 Å². The zero-order valence-corrected chi connectivity index (χ0v) is 18.6. The van der Waals surface area contributed by atoms with Gasteiger partial charge in [-0.25, -0.2) is 4.68 Å². The first kappa shape index (κ1) is 21.5. The van der Waals surface area contributed by atoms with Crippen molar-refractivity contribution in [3.8, 4) is 5.75 Å². The van der Waals surface area contributed by atoms with E-state index in [-0.39, 0.29) is 23.2 Å². The maximum absolute atomic E-state index is 13.2. The van der Waals surface area contributed by atoms with Crippen molar-refractivity contribution in [2.45, 2.75) is 57.7 Å². The largest absolute Gasteiger partial charge is 0.497 e. The topological polar surface area (TPSA) is 110 Å². The number of ether oxygens (including phenoxy) is 1. The number of aromatic nitrogens is 5. The third kappa shape index (κ3) is 4.07. The molecular weight excluding hydrogens is 396 g/mol. The Morgan fingerprint density at radius 2 is 2.06 bits per heavy atom. The van der Waals surface area contributed by atoms with Gasteiger partial charge < -0.3 is 19.7 Å². The number of nitrogens with zero attached hydrogens (tertiary/aromatic N) is 4. The van der Waals surface area contributed by atoms with Gasteiger partial charge in [0.1, 0.15) is 5.75 Å². The second kappa shape index (κ2) is 8.39. The average molecular weight is 428 g/mol. The summed E-state index contributed by atoms with van der Waals surface area (Å²) >= 11 is 0. The molecule has 0 radical (unpaired) electrons. The van der Waals surface area contributed by atoms with Gasteiger partial charge in [0.15, 0.2) is 6.04 Å². The SMILES string of the molecule is CCC(C)(C)n1nnnc1[C@H](c1cc2cc(OC)ccc2[nH]c1=O)[NH+]1CCC(O)CC1. The van der Waals surface area contributed by atoms with E-state index in [0.29, 0.717) is 24.2 Å². The molecule has 31 heavy (non-hydrogen) atoms. The fourth-order valence-corrected chi connectivity index (χ4v) is 4.30. The van der Waals surface area contributed by atoms with Crippen LogP contribution >= 0.6 is 0 Å². The van der Waals surface area contributed by atoms with E-state index in [9.17, 15) is 9.90 Å². The van der Waals surface area contributed by atoms with E-state index in [1.807, 2.05) is 28.9 Å². The smallest absolute Gasteiger partial charge is 0.258 e. The summed E-state index contributed by atoms with van der Waals surface area (Å²) in [6.45, 7) is 7.75. The van der Waals surface area contributed by atoms with Gasteiger partial charge in [0, 0.05) is 23.7 Å². The van der Waals surface area contributed by atoms with Crippen LogP contribution in [-0.4, -0.2) is 56.6 Å². The van der Waals surface area contributed by atoms with Crippen LogP contribution in [0.15, 0.2) is 29.1 Å². The standard InChI is InChI=1S/C22H30N6O3/c1-5-22(2,3)28-20(24-25-26-28)19(27-10-8-15(29)9-11-27)17-13-14-12-16(31-4)6-7-18(14)23-21(17)30/h6-7,12-13,15,19,29H,5,8-11H2,1-4H3,(H,23,30)/p+1/t19-/m0/s1. The van der Waals surface area contributed by atoms with Crippen molar-refractivity contribution in [1.82, 2.24) is 25.2 Å². The molecule has 0 bridgehead atoms. The molecule has 1 aliphatic rings. The lowest BCUT2D eigenvalue weighted by molar-refractivity contribution is -0.932. The van der Waals surface area contributed by atoms with Crippen molar-refractivity contribution in [1.29, 1.82) is 0 Å². The van der Waals surface area contributed by atoms with Crippen molar-refractivity contribution in [3.05, 3.63) is 46.0 Å². The summed E-state index contributed by atoms with van der Waals surface area (Å²) in [5.74, 6) is 1.40. The van der Waals surface area contributed by atoms with Crippen molar-refractivity contribution in [2.24, 2.45) is 0 Å². The molecule has 166 valence electrons. The maximum Gasteiger partial charge on any atom is 0.258 e. The summed E-state index contributed by atoms with van der Waals surface area (Å²) in [5, 5.41) is 23.6. The van der Waals surface area contributed by atoms with Gasteiger partial charge in [-0.15, -0.1) is 5.10 Å². The first-order chi connectivity index (χ1) is 14.8. The Kier molecular flexibility index (Phi) is 5.81. The van der Waals surface area contributed by atoms with E-state index in [1.165, 1.54) is 4.90 Å². The minimum absolute atomic E-state index is 0.148. The Morgan fingerprint density at radius 1 is 1.32 bits per heavy atom. The molecule has 1 aliphatic heterocycles. The summed E-state index contributed by atoms with van der Waals surface area (Å²) in [7, 11) is 1.63. The summed E-state index contributed by atoms with van der Waals surface area (Å²) in [6.07, 6.45) is 1.91. The summed E-state index contributed by atoms with van der Waals surface area (Å²) in [4.78, 5) is 17.4. The highest BCUT2D eigenvalue weighted by atomic mass is 16.5. The van der Waals surface area contributed by atoms with Gasteiger partial charge >= 0.3 is 0 Å². The average Bonchev–Trinajstić information content (AvgIpc) is 3.25. The highest BCUT2D eigenvalue weighted by Gasteiger charge is 2.38. The highest BCUT2D eigenvalue weighted by Crippen LogP contribution is 2.26. The molecule has 1 fully saturated rings. The highest BCUT2D eigenvalue weighted by molar-refractivity contribution is 5.80. The Bertz CT molecular complexity index is 1110. The maximum atomic E-state index is 13.2. The lowest BCUT2D eigenvalue weighted by Crippen LogP contribution is -3.14. The molecule has 9 nitrogen and oxygen atoms in total. The number of nitrogens with one attached hydrogen (secondary N) is 2. The van der Waals surface area contributed by atoms with Crippen LogP contribution in [0.1, 0.15) is 57.5 Å². The summed E-state index contributed by atoms with van der Waals surface area (Å²) in [6, 6.07) is 7.18. The lowest BCUT2D eigenvalue weighted by atomic mass is 9.97. The van der Waals surface area contributed by atoms with E-state index < -0.39 is 0 Å². The molecule has 3 N–H and O–H groups in total. The molecule has 1 aromatic carbocycles. The number of aliphatic hydroxyl groups is 1. The van der Waals surface area contributed by atoms with Crippen molar-refractivity contribution in [2.75, 3.05) is 20.2 Å². The van der Waals surface area contributed by atoms with Crippen LogP contribution in [0, 0.1) is 0 Å². The second-order valence-corrected chi connectivity index (χ2v) is 8.94. The molecule has 3 aromatic rings. The number of aliphatic hydroxyl groups excluding tert-OH is 1. The van der Waals surface area contributed by atoms with Crippen LogP contribution in [0.3, 0.4) is 0 Å². The number of fused-ring (bicyclic) bond motifs is 1. The quantitative estimate of drug-likeness (QED) is 0.537. The Labute approximate surface area is 181 Å². The number of hydrogen-bond donors (Lipinski definition) is 3. The molecule has 0 unspecified atom stereocenters. The number of likely N-dealkylation sites (tertiary alicyclic amines) is 1. The number of rotatable bonds is 6. The van der Waals surface area contributed by atoms with Gasteiger partial charge in [-0.2, -0.15) is 0 Å². The minimum atomic E-state index is -0.340. The van der Waals surface area contributed by atoms with Crippen molar-refractivity contribution in [3.63, 3.8) is 0 Å². The molecule has 9 heteroatoms. The lowest BCUT2D eigenvalue weighted by Gasteiger charge is -2.34. The van der Waals surface area contributed by atoms with E-state index in [1.54, 1.807) is 7.11 Å². The normalized spacial score (nSPS) is 20.7. The molecule has 4 rings (SSSR count). The monoisotopic (exact) mass is 427 g/mol. The van der Waals surface area contributed by atoms with Crippen LogP contribution in [0.25, 0.3) is 10.9 Å². The molecule has 0 spiro atoms. The second-order valence-electron chi connectivity index (χ2n) is 8.94. The third-order valence-corrected chi connectivity index (χ3v) is 6.59. The number of benzene rings is 1. The fraction of sp³-hybridized carbons (Fsp3) is 0.545. The number of methoxy groups -OCH3 is 1. The Morgan fingerprint density at radius 3 is 2.74 bits per heavy atom. The molecule has 1 atom stereocenters. The summed E-state index contributed by atoms with van der Waals surface area (Å²) < 4.78 is 7.22. The predicted octanol–water partition coefficient (Wildman–Crippen LogP) is 0.797. The number of H-pyrrole nitrogens is 1. The fourth-order valence-electron chi connectivity index (χ4n) is 4.30. The van der Waals surface area contributed by atoms with E-state index in [0.717, 1.165) is 36.2 Å². The first-order valence-electron chi connectivity index (χ1n) is 10.9. The zero-order chi connectivity index (χ0) is 22.2. The van der Waals surface area contributed by atoms with Crippen LogP contribution in [0.4, 0.5) is 0 Å². The molecule has 3 heterocycles. The van der Waals surface area contributed by atoms with Gasteiger partial charge in [0.05, 0.1) is 37.4 Å². The predicted molar refractivity (Wildman–Crippen MR) is 116 cm³/mol. The third-order valence-electron chi connectivity index (χ3n) is 6.59. The molecule has 0 amide bonds. The van der Waals surface area contributed by atoms with E-state index >= 15 is 0 Å². The Balaban J connectivity index is 1.89. The molecular formula is C22H31N6O3+. The van der Waals surface area contributed by atoms with E-state index in [4.69, 9.17) is 4.74 Å². The molecule has 2 aromatic heterocycles. The number of piperidine rings is 1. The van der Waals surface area contributed by atoms with E-state index in [2.05, 4.69) is 41.3 Å². The Hall–Kier alpha value is -2.78. The number of tetrazole rings is 1. The minimum Gasteiger partial charge on any atom is -0.497 e. The summed E-state index contributed by atoms with van der Waals surface area (Å²) in [5.41, 5.74) is 0.935. The number of quaternary nitrogens is 1. The van der Waals surface area contributed by atoms with Crippen LogP contribution in [-0.2, 0) is 5.54 Å². The zero-order valence-electron chi connectivity index (χ0n) is 18.6. The molecule has 0 saturated carbocycles. The van der Waals surface area contributed by atoms with Crippen LogP contribution < -0.4 is 15.2 Å². The number of pyridine rings is 1. The van der Waals surface area contributed by atoms with Gasteiger partial charge in [-0.05, 0) is 55.0 Å². The van der Waals surface area contributed by atoms with Crippen LogP contribution in [0.2, 0.25) is 0 Å². The number of aromatic amines is 1. The first-order valence-corrected chi connectivity index (χ1v) is 10.9. The van der Waals surface area contributed by atoms with Crippen LogP contribution in [0.5, 0.6) is 5.75 Å². The van der Waals surface area contributed by atoms with Gasteiger partial charge in [0.25, 0.3) is 5.56 Å². The van der Waals surface area contributed by atoms with Gasteiger partial charge in [0.2, 0.25) is 5.82 Å². The number of hydrogen-bond acceptors (Lipinski definition) is 6. The van der Waals surface area contributed by atoms with Crippen molar-refractivity contribution < 1.29 is 14.7 Å².